The Morgan fingerprint density at radius 2 is 2.33 bits per heavy atom. The molecule has 0 bridgehead atoms. The van der Waals surface area contributed by atoms with Crippen LogP contribution in [0.2, 0.25) is 0 Å². The Morgan fingerprint density at radius 1 is 1.39 bits per heavy atom. The van der Waals surface area contributed by atoms with Crippen molar-refractivity contribution < 1.29 is 0 Å². The zero-order valence-electron chi connectivity index (χ0n) is 10.5. The molecule has 0 unspecified atom stereocenters. The molecule has 5 heteroatoms. The standard InChI is InChI=1S/C13H17N5/c1-18(8-10-2-4-14-6-10)13-11-7-15-5-3-12(11)16-9-17-13/h2,4,6,9,14-15H,3,5,7-8H2,1H3. The van der Waals surface area contributed by atoms with Gasteiger partial charge in [-0.2, -0.15) is 0 Å². The molecule has 3 rings (SSSR count). The Balaban J connectivity index is 1.87. The Labute approximate surface area is 106 Å². The fourth-order valence-electron chi connectivity index (χ4n) is 2.39. The number of aromatic nitrogens is 3. The van der Waals surface area contributed by atoms with Crippen molar-refractivity contribution in [3.05, 3.63) is 41.6 Å². The highest BCUT2D eigenvalue weighted by Crippen LogP contribution is 2.22. The van der Waals surface area contributed by atoms with E-state index >= 15 is 0 Å². The summed E-state index contributed by atoms with van der Waals surface area (Å²) in [6.07, 6.45) is 6.62. The van der Waals surface area contributed by atoms with Gasteiger partial charge in [-0.05, 0) is 11.6 Å². The maximum atomic E-state index is 4.44. The molecule has 94 valence electrons. The monoisotopic (exact) mass is 243 g/mol. The van der Waals surface area contributed by atoms with Crippen LogP contribution in [0.15, 0.2) is 24.8 Å². The first-order valence-electron chi connectivity index (χ1n) is 6.21. The zero-order valence-corrected chi connectivity index (χ0v) is 10.5. The number of nitrogens with one attached hydrogen (secondary N) is 2. The SMILES string of the molecule is CN(Cc1cc[nH]c1)c1ncnc2c1CNCC2. The molecule has 5 nitrogen and oxygen atoms in total. The van der Waals surface area contributed by atoms with E-state index in [2.05, 4.69) is 38.3 Å². The van der Waals surface area contributed by atoms with Crippen molar-refractivity contribution in [1.29, 1.82) is 0 Å². The van der Waals surface area contributed by atoms with Crippen LogP contribution in [0.5, 0.6) is 0 Å². The molecule has 3 heterocycles. The van der Waals surface area contributed by atoms with Crippen LogP contribution in [0.1, 0.15) is 16.8 Å². The second-order valence-corrected chi connectivity index (χ2v) is 4.62. The molecule has 0 fully saturated rings. The molecule has 18 heavy (non-hydrogen) atoms. The Bertz CT molecular complexity index is 520. The highest BCUT2D eigenvalue weighted by Gasteiger charge is 2.17. The zero-order chi connectivity index (χ0) is 12.4. The number of H-pyrrole nitrogens is 1. The summed E-state index contributed by atoms with van der Waals surface area (Å²) in [6.45, 7) is 2.72. The van der Waals surface area contributed by atoms with Gasteiger partial charge >= 0.3 is 0 Å². The van der Waals surface area contributed by atoms with Crippen molar-refractivity contribution in [3.8, 4) is 0 Å². The quantitative estimate of drug-likeness (QED) is 0.847. The van der Waals surface area contributed by atoms with E-state index in [1.165, 1.54) is 16.8 Å². The number of aromatic amines is 1. The Morgan fingerprint density at radius 3 is 3.17 bits per heavy atom. The summed E-state index contributed by atoms with van der Waals surface area (Å²) in [5.41, 5.74) is 3.68. The summed E-state index contributed by atoms with van der Waals surface area (Å²) in [6, 6.07) is 2.09. The topological polar surface area (TPSA) is 56.8 Å². The van der Waals surface area contributed by atoms with Crippen molar-refractivity contribution in [3.63, 3.8) is 0 Å². The molecule has 1 aliphatic rings. The van der Waals surface area contributed by atoms with Crippen molar-refractivity contribution in [1.82, 2.24) is 20.3 Å². The van der Waals surface area contributed by atoms with Crippen LogP contribution in [-0.4, -0.2) is 28.5 Å². The van der Waals surface area contributed by atoms with E-state index in [0.29, 0.717) is 0 Å². The lowest BCUT2D eigenvalue weighted by atomic mass is 10.1. The van der Waals surface area contributed by atoms with Crippen molar-refractivity contribution >= 4 is 5.82 Å². The first kappa shape index (κ1) is 11.2. The smallest absolute Gasteiger partial charge is 0.136 e. The average molecular weight is 243 g/mol. The third-order valence-electron chi connectivity index (χ3n) is 3.30. The summed E-state index contributed by atoms with van der Waals surface area (Å²) < 4.78 is 0. The molecule has 2 aromatic rings. The van der Waals surface area contributed by atoms with Gasteiger partial charge in [0.15, 0.2) is 0 Å². The van der Waals surface area contributed by atoms with E-state index in [0.717, 1.165) is 31.9 Å². The molecule has 0 aromatic carbocycles. The number of fused-ring (bicyclic) bond motifs is 1. The lowest BCUT2D eigenvalue weighted by molar-refractivity contribution is 0.622. The number of anilines is 1. The maximum absolute atomic E-state index is 4.44. The molecule has 2 aromatic heterocycles. The van der Waals surface area contributed by atoms with Crippen molar-refractivity contribution in [2.75, 3.05) is 18.5 Å². The van der Waals surface area contributed by atoms with Gasteiger partial charge in [-0.1, -0.05) is 0 Å². The molecule has 0 atom stereocenters. The van der Waals surface area contributed by atoms with Gasteiger partial charge in [-0.15, -0.1) is 0 Å². The molecule has 0 radical (unpaired) electrons. The minimum atomic E-state index is 0.854. The Hall–Kier alpha value is -1.88. The predicted molar refractivity (Wildman–Crippen MR) is 70.3 cm³/mol. The van der Waals surface area contributed by atoms with Gasteiger partial charge in [0.05, 0.1) is 5.69 Å². The summed E-state index contributed by atoms with van der Waals surface area (Å²) in [5.74, 6) is 1.04. The molecule has 0 spiro atoms. The maximum Gasteiger partial charge on any atom is 0.136 e. The van der Waals surface area contributed by atoms with Crippen molar-refractivity contribution in [2.24, 2.45) is 0 Å². The Kier molecular flexibility index (Phi) is 2.98. The van der Waals surface area contributed by atoms with E-state index < -0.39 is 0 Å². The second kappa shape index (κ2) is 4.78. The van der Waals surface area contributed by atoms with Gasteiger partial charge in [0.1, 0.15) is 12.1 Å². The first-order chi connectivity index (χ1) is 8.84. The average Bonchev–Trinajstić information content (AvgIpc) is 2.91. The van der Waals surface area contributed by atoms with Gasteiger partial charge in [-0.25, -0.2) is 9.97 Å². The highest BCUT2D eigenvalue weighted by atomic mass is 15.2. The third kappa shape index (κ3) is 2.09. The minimum absolute atomic E-state index is 0.854. The fraction of sp³-hybridized carbons (Fsp3) is 0.385. The number of hydrogen-bond acceptors (Lipinski definition) is 4. The second-order valence-electron chi connectivity index (χ2n) is 4.62. The summed E-state index contributed by atoms with van der Waals surface area (Å²) in [5, 5.41) is 3.38. The molecular formula is C13H17N5. The summed E-state index contributed by atoms with van der Waals surface area (Å²) >= 11 is 0. The van der Waals surface area contributed by atoms with Crippen LogP contribution in [0.25, 0.3) is 0 Å². The number of nitrogens with zero attached hydrogens (tertiary/aromatic N) is 3. The molecule has 2 N–H and O–H groups in total. The molecular weight excluding hydrogens is 226 g/mol. The molecule has 1 aliphatic heterocycles. The van der Waals surface area contributed by atoms with Crippen LogP contribution >= 0.6 is 0 Å². The van der Waals surface area contributed by atoms with Crippen molar-refractivity contribution in [2.45, 2.75) is 19.5 Å². The van der Waals surface area contributed by atoms with E-state index in [-0.39, 0.29) is 0 Å². The van der Waals surface area contributed by atoms with Crippen LogP contribution in [0.3, 0.4) is 0 Å². The van der Waals surface area contributed by atoms with Gasteiger partial charge in [0, 0.05) is 51.1 Å². The summed E-state index contributed by atoms with van der Waals surface area (Å²) in [4.78, 5) is 14.1. The third-order valence-corrected chi connectivity index (χ3v) is 3.30. The van der Waals surface area contributed by atoms with E-state index in [9.17, 15) is 0 Å². The van der Waals surface area contributed by atoms with Gasteiger partial charge in [0.25, 0.3) is 0 Å². The van der Waals surface area contributed by atoms with E-state index in [1.54, 1.807) is 6.33 Å². The fourth-order valence-corrected chi connectivity index (χ4v) is 2.39. The summed E-state index contributed by atoms with van der Waals surface area (Å²) in [7, 11) is 2.07. The molecule has 0 amide bonds. The van der Waals surface area contributed by atoms with Gasteiger partial charge in [-0.3, -0.25) is 0 Å². The normalized spacial score (nSPS) is 14.3. The van der Waals surface area contributed by atoms with Crippen LogP contribution in [0, 0.1) is 0 Å². The molecule has 0 saturated carbocycles. The minimum Gasteiger partial charge on any atom is -0.367 e. The van der Waals surface area contributed by atoms with E-state index in [1.807, 2.05) is 12.4 Å². The van der Waals surface area contributed by atoms with E-state index in [4.69, 9.17) is 0 Å². The van der Waals surface area contributed by atoms with Gasteiger partial charge in [0.2, 0.25) is 0 Å². The van der Waals surface area contributed by atoms with Crippen LogP contribution in [0.4, 0.5) is 5.82 Å². The highest BCUT2D eigenvalue weighted by molar-refractivity contribution is 5.49. The first-order valence-corrected chi connectivity index (χ1v) is 6.21. The predicted octanol–water partition coefficient (Wildman–Crippen LogP) is 1.09. The van der Waals surface area contributed by atoms with Gasteiger partial charge < -0.3 is 15.2 Å². The van der Waals surface area contributed by atoms with Crippen LogP contribution in [-0.2, 0) is 19.5 Å². The largest absolute Gasteiger partial charge is 0.367 e. The number of hydrogen-bond donors (Lipinski definition) is 2. The van der Waals surface area contributed by atoms with Crippen LogP contribution < -0.4 is 10.2 Å². The molecule has 0 aliphatic carbocycles. The lowest BCUT2D eigenvalue weighted by Gasteiger charge is -2.24. The number of rotatable bonds is 3. The molecule has 0 saturated heterocycles. The lowest BCUT2D eigenvalue weighted by Crippen LogP contribution is -2.28.